The van der Waals surface area contributed by atoms with Crippen molar-refractivity contribution >= 4 is 17.3 Å². The molecule has 24 heavy (non-hydrogen) atoms. The van der Waals surface area contributed by atoms with Gasteiger partial charge in [-0.05, 0) is 32.0 Å². The number of fused-ring (bicyclic) bond motifs is 1. The fraction of sp³-hybridized carbons (Fsp3) is 0.100. The molecule has 0 radical (unpaired) electrons. The summed E-state index contributed by atoms with van der Waals surface area (Å²) in [6.45, 7) is 4.07. The van der Waals surface area contributed by atoms with Crippen LogP contribution in [0.4, 0.5) is 11.5 Å². The summed E-state index contributed by atoms with van der Waals surface area (Å²) in [5.41, 5.74) is 5.07. The van der Waals surface area contributed by atoms with Gasteiger partial charge in [-0.25, -0.2) is 9.97 Å². The van der Waals surface area contributed by atoms with Crippen molar-refractivity contribution in [1.82, 2.24) is 14.4 Å². The molecule has 4 rings (SSSR count). The Balaban J connectivity index is 1.97. The minimum Gasteiger partial charge on any atom is -0.339 e. The van der Waals surface area contributed by atoms with Crippen LogP contribution < -0.4 is 5.32 Å². The molecule has 118 valence electrons. The van der Waals surface area contributed by atoms with Gasteiger partial charge in [-0.15, -0.1) is 0 Å². The Morgan fingerprint density at radius 1 is 0.833 bits per heavy atom. The second-order valence-corrected chi connectivity index (χ2v) is 5.84. The van der Waals surface area contributed by atoms with Gasteiger partial charge in [0.2, 0.25) is 5.78 Å². The fourth-order valence-corrected chi connectivity index (χ4v) is 2.95. The first-order valence-corrected chi connectivity index (χ1v) is 7.96. The van der Waals surface area contributed by atoms with E-state index >= 15 is 0 Å². The van der Waals surface area contributed by atoms with Crippen LogP contribution in [0.1, 0.15) is 11.4 Å². The van der Waals surface area contributed by atoms with Crippen molar-refractivity contribution in [3.63, 3.8) is 0 Å². The van der Waals surface area contributed by atoms with Gasteiger partial charge in [-0.1, -0.05) is 48.5 Å². The van der Waals surface area contributed by atoms with E-state index in [1.165, 1.54) is 0 Å². The zero-order valence-electron chi connectivity index (χ0n) is 13.7. The van der Waals surface area contributed by atoms with E-state index in [1.807, 2.05) is 55.5 Å². The molecule has 1 N–H and O–H groups in total. The molecule has 2 heterocycles. The Bertz CT molecular complexity index is 989. The summed E-state index contributed by atoms with van der Waals surface area (Å²) >= 11 is 0. The summed E-state index contributed by atoms with van der Waals surface area (Å²) < 4.78 is 2.07. The van der Waals surface area contributed by atoms with Crippen LogP contribution in [0.15, 0.2) is 66.7 Å². The molecular weight excluding hydrogens is 296 g/mol. The van der Waals surface area contributed by atoms with E-state index in [9.17, 15) is 0 Å². The van der Waals surface area contributed by atoms with Gasteiger partial charge in [0.05, 0.1) is 0 Å². The first kappa shape index (κ1) is 14.5. The van der Waals surface area contributed by atoms with Crippen LogP contribution in [0, 0.1) is 13.8 Å². The number of para-hydroxylation sites is 1. The zero-order chi connectivity index (χ0) is 16.5. The molecule has 4 aromatic rings. The van der Waals surface area contributed by atoms with Crippen molar-refractivity contribution in [2.24, 2.45) is 0 Å². The van der Waals surface area contributed by atoms with E-state index < -0.39 is 0 Å². The van der Waals surface area contributed by atoms with Gasteiger partial charge >= 0.3 is 0 Å². The highest BCUT2D eigenvalue weighted by molar-refractivity contribution is 5.79. The van der Waals surface area contributed by atoms with Gasteiger partial charge in [0.1, 0.15) is 11.5 Å². The van der Waals surface area contributed by atoms with Crippen LogP contribution in [0.2, 0.25) is 0 Å². The molecule has 0 amide bonds. The van der Waals surface area contributed by atoms with Crippen molar-refractivity contribution in [3.05, 3.63) is 78.1 Å². The first-order valence-electron chi connectivity index (χ1n) is 7.96. The van der Waals surface area contributed by atoms with Crippen molar-refractivity contribution < 1.29 is 0 Å². The quantitative estimate of drug-likeness (QED) is 0.593. The summed E-state index contributed by atoms with van der Waals surface area (Å²) in [6, 6.07) is 22.4. The molecule has 2 aromatic carbocycles. The summed E-state index contributed by atoms with van der Waals surface area (Å²) in [6.07, 6.45) is 0. The van der Waals surface area contributed by atoms with Crippen LogP contribution in [0.3, 0.4) is 0 Å². The fourth-order valence-electron chi connectivity index (χ4n) is 2.95. The number of aryl methyl sites for hydroxylation is 2. The van der Waals surface area contributed by atoms with Crippen LogP contribution in [-0.2, 0) is 0 Å². The summed E-state index contributed by atoms with van der Waals surface area (Å²) in [5.74, 6) is 1.65. The third-order valence-corrected chi connectivity index (χ3v) is 3.99. The maximum atomic E-state index is 4.79. The Morgan fingerprint density at radius 2 is 1.50 bits per heavy atom. The van der Waals surface area contributed by atoms with Crippen LogP contribution in [0.25, 0.3) is 17.0 Å². The molecule has 0 bridgehead atoms. The Kier molecular flexibility index (Phi) is 3.50. The molecular formula is C20H18N4. The number of benzene rings is 2. The maximum absolute atomic E-state index is 4.79. The molecule has 0 aliphatic carbocycles. The Morgan fingerprint density at radius 3 is 2.21 bits per heavy atom. The number of hydrogen-bond acceptors (Lipinski definition) is 3. The van der Waals surface area contributed by atoms with E-state index in [2.05, 4.69) is 39.8 Å². The van der Waals surface area contributed by atoms with Gasteiger partial charge in [0, 0.05) is 22.6 Å². The van der Waals surface area contributed by atoms with Gasteiger partial charge < -0.3 is 5.32 Å². The number of nitrogens with zero attached hydrogens (tertiary/aromatic N) is 3. The summed E-state index contributed by atoms with van der Waals surface area (Å²) in [5, 5.41) is 3.51. The van der Waals surface area contributed by atoms with Crippen molar-refractivity contribution in [3.8, 4) is 11.3 Å². The van der Waals surface area contributed by atoms with Gasteiger partial charge in [-0.3, -0.25) is 4.40 Å². The number of hydrogen-bond donors (Lipinski definition) is 1. The maximum Gasteiger partial charge on any atom is 0.236 e. The van der Waals surface area contributed by atoms with Crippen LogP contribution >= 0.6 is 0 Å². The largest absolute Gasteiger partial charge is 0.339 e. The third kappa shape index (κ3) is 2.52. The number of anilines is 2. The van der Waals surface area contributed by atoms with E-state index in [4.69, 9.17) is 4.98 Å². The molecule has 4 heteroatoms. The van der Waals surface area contributed by atoms with Gasteiger partial charge in [0.15, 0.2) is 0 Å². The number of nitrogens with one attached hydrogen (secondary N) is 1. The molecule has 4 nitrogen and oxygen atoms in total. The summed E-state index contributed by atoms with van der Waals surface area (Å²) in [7, 11) is 0. The lowest BCUT2D eigenvalue weighted by atomic mass is 10.1. The van der Waals surface area contributed by atoms with E-state index in [-0.39, 0.29) is 0 Å². The van der Waals surface area contributed by atoms with Gasteiger partial charge in [-0.2, -0.15) is 0 Å². The molecule has 0 fully saturated rings. The Labute approximate surface area is 140 Å². The average molecular weight is 314 g/mol. The number of rotatable bonds is 3. The molecule has 0 atom stereocenters. The highest BCUT2D eigenvalue weighted by atomic mass is 15.2. The topological polar surface area (TPSA) is 42.2 Å². The zero-order valence-corrected chi connectivity index (χ0v) is 13.7. The van der Waals surface area contributed by atoms with Crippen molar-refractivity contribution in [1.29, 1.82) is 0 Å². The number of aromatic nitrogens is 3. The molecule has 0 saturated heterocycles. The monoisotopic (exact) mass is 314 g/mol. The standard InChI is InChI=1S/C20H18N4/c1-14-13-15(2)24-19(22-17-11-7-4-8-12-17)18(23-20(24)21-14)16-9-5-3-6-10-16/h3-13,22H,1-2H3. The first-order chi connectivity index (χ1) is 11.7. The third-order valence-electron chi connectivity index (χ3n) is 3.99. The second kappa shape index (κ2) is 5.81. The predicted molar refractivity (Wildman–Crippen MR) is 97.6 cm³/mol. The molecule has 2 aromatic heterocycles. The van der Waals surface area contributed by atoms with Crippen molar-refractivity contribution in [2.45, 2.75) is 13.8 Å². The highest BCUT2D eigenvalue weighted by Crippen LogP contribution is 2.31. The minimum absolute atomic E-state index is 0.713. The predicted octanol–water partition coefficient (Wildman–Crippen LogP) is 4.76. The SMILES string of the molecule is Cc1cc(C)n2c(Nc3ccccc3)c(-c3ccccc3)nc2n1. The van der Waals surface area contributed by atoms with Crippen molar-refractivity contribution in [2.75, 3.05) is 5.32 Å². The average Bonchev–Trinajstić information content (AvgIpc) is 2.95. The second-order valence-electron chi connectivity index (χ2n) is 5.84. The van der Waals surface area contributed by atoms with E-state index in [1.54, 1.807) is 0 Å². The van der Waals surface area contributed by atoms with Gasteiger partial charge in [0.25, 0.3) is 0 Å². The molecule has 0 aliphatic heterocycles. The smallest absolute Gasteiger partial charge is 0.236 e. The van der Waals surface area contributed by atoms with E-state index in [0.717, 1.165) is 34.2 Å². The lowest BCUT2D eigenvalue weighted by Gasteiger charge is -2.10. The highest BCUT2D eigenvalue weighted by Gasteiger charge is 2.16. The molecule has 0 spiro atoms. The Hall–Kier alpha value is -3.14. The minimum atomic E-state index is 0.713. The molecule has 0 aliphatic rings. The van der Waals surface area contributed by atoms with Crippen LogP contribution in [0.5, 0.6) is 0 Å². The van der Waals surface area contributed by atoms with E-state index in [0.29, 0.717) is 5.78 Å². The van der Waals surface area contributed by atoms with Crippen LogP contribution in [-0.4, -0.2) is 14.4 Å². The number of imidazole rings is 1. The molecule has 0 unspecified atom stereocenters. The normalized spacial score (nSPS) is 10.9. The lowest BCUT2D eigenvalue weighted by molar-refractivity contribution is 1.02. The lowest BCUT2D eigenvalue weighted by Crippen LogP contribution is -2.01. The molecule has 0 saturated carbocycles. The summed E-state index contributed by atoms with van der Waals surface area (Å²) in [4.78, 5) is 9.39.